The van der Waals surface area contributed by atoms with Gasteiger partial charge in [0.1, 0.15) is 0 Å². The molecule has 0 saturated heterocycles. The van der Waals surface area contributed by atoms with Crippen LogP contribution in [0.15, 0.2) is 92.7 Å². The molecule has 0 bridgehead atoms. The molecule has 4 rings (SSSR count). The third-order valence-corrected chi connectivity index (χ3v) is 8.05. The smallest absolute Gasteiger partial charge is 0.0804 e. The number of hydrogen-bond donors (Lipinski definition) is 1. The maximum absolute atomic E-state index is 3.49. The second-order valence-electron chi connectivity index (χ2n) is 8.62. The highest BCUT2D eigenvalue weighted by atomic mass is 32.2. The molecule has 1 aliphatic carbocycles. The first-order valence-corrected chi connectivity index (χ1v) is 13.4. The van der Waals surface area contributed by atoms with Crippen LogP contribution in [0.5, 0.6) is 0 Å². The Bertz CT molecular complexity index is 1040. The van der Waals surface area contributed by atoms with Crippen molar-refractivity contribution in [3.63, 3.8) is 0 Å². The summed E-state index contributed by atoms with van der Waals surface area (Å²) in [6.45, 7) is 11.0. The number of nitrogens with one attached hydrogen (secondary N) is 1. The van der Waals surface area contributed by atoms with Crippen LogP contribution < -0.4 is 10.2 Å². The van der Waals surface area contributed by atoms with Crippen molar-refractivity contribution < 1.29 is 0 Å². The fourth-order valence-corrected chi connectivity index (χ4v) is 6.81. The summed E-state index contributed by atoms with van der Waals surface area (Å²) < 4.78 is 0. The number of rotatable bonds is 7. The third-order valence-electron chi connectivity index (χ3n) is 5.82. The Morgan fingerprint density at radius 1 is 1.12 bits per heavy atom. The minimum absolute atomic E-state index is 0.428. The molecular formula is C28H34N2S2. The van der Waals surface area contributed by atoms with Crippen molar-refractivity contribution in [3.05, 3.63) is 82.9 Å². The Labute approximate surface area is 202 Å². The van der Waals surface area contributed by atoms with Crippen molar-refractivity contribution in [2.24, 2.45) is 5.92 Å². The summed E-state index contributed by atoms with van der Waals surface area (Å²) in [6.07, 6.45) is 9.65. The van der Waals surface area contributed by atoms with E-state index in [2.05, 4.69) is 105 Å². The number of para-hydroxylation sites is 2. The number of nitrogens with zero attached hydrogens (tertiary/aromatic N) is 1. The monoisotopic (exact) mass is 462 g/mol. The molecule has 2 aromatic carbocycles. The fourth-order valence-electron chi connectivity index (χ4n) is 4.54. The summed E-state index contributed by atoms with van der Waals surface area (Å²) in [5, 5.41) is 5.27. The van der Waals surface area contributed by atoms with E-state index in [4.69, 9.17) is 0 Å². The van der Waals surface area contributed by atoms with Gasteiger partial charge in [-0.05, 0) is 75.4 Å². The third kappa shape index (κ3) is 5.47. The summed E-state index contributed by atoms with van der Waals surface area (Å²) in [6, 6.07) is 17.4. The van der Waals surface area contributed by atoms with E-state index in [-0.39, 0.29) is 0 Å². The minimum Gasteiger partial charge on any atom is -0.384 e. The topological polar surface area (TPSA) is 15.3 Å². The standard InChI is InChI=1S/C28H34N2S2/c1-5-29-24-11-7-9-13-26(24)31-21(4)17-22-15-20(3)16-23(18-22)19-28-30(6-2)25-12-8-10-14-27(25)32-28/h7-14,17-21,29H,5-6,15-16H2,1-4H3/b22-17+,28-19-/t20?,21-/m1/s1. The van der Waals surface area contributed by atoms with Crippen LogP contribution in [0.3, 0.4) is 0 Å². The quantitative estimate of drug-likeness (QED) is 0.416. The lowest BCUT2D eigenvalue weighted by Gasteiger charge is -2.23. The van der Waals surface area contributed by atoms with Crippen molar-refractivity contribution in [1.82, 2.24) is 0 Å². The van der Waals surface area contributed by atoms with Gasteiger partial charge in [0, 0.05) is 33.8 Å². The van der Waals surface area contributed by atoms with E-state index >= 15 is 0 Å². The van der Waals surface area contributed by atoms with Gasteiger partial charge < -0.3 is 10.2 Å². The molecule has 1 N–H and O–H groups in total. The van der Waals surface area contributed by atoms with Gasteiger partial charge in [-0.3, -0.25) is 0 Å². The number of thioether (sulfide) groups is 2. The predicted octanol–water partition coefficient (Wildman–Crippen LogP) is 8.36. The van der Waals surface area contributed by atoms with Gasteiger partial charge in [0.05, 0.1) is 10.7 Å². The van der Waals surface area contributed by atoms with Crippen LogP contribution in [0.4, 0.5) is 11.4 Å². The summed E-state index contributed by atoms with van der Waals surface area (Å²) in [5.41, 5.74) is 5.51. The van der Waals surface area contributed by atoms with Crippen molar-refractivity contribution in [3.8, 4) is 0 Å². The zero-order chi connectivity index (χ0) is 22.5. The van der Waals surface area contributed by atoms with E-state index in [9.17, 15) is 0 Å². The molecule has 4 heteroatoms. The van der Waals surface area contributed by atoms with Crippen LogP contribution in [-0.2, 0) is 0 Å². The second kappa shape index (κ2) is 10.7. The maximum atomic E-state index is 3.49. The first-order chi connectivity index (χ1) is 15.6. The molecule has 1 heterocycles. The molecular weight excluding hydrogens is 428 g/mol. The summed E-state index contributed by atoms with van der Waals surface area (Å²) in [5.74, 6) is 0.674. The van der Waals surface area contributed by atoms with Gasteiger partial charge in [-0.25, -0.2) is 0 Å². The SMILES string of the molecule is CCNc1ccccc1S[C@H](C)/C=C1C=C(/C=C2\Sc3ccccc3N2CC)CC(C)C/1. The number of hydrogen-bond acceptors (Lipinski definition) is 4. The molecule has 2 aliphatic rings. The van der Waals surface area contributed by atoms with Gasteiger partial charge in [0.2, 0.25) is 0 Å². The lowest BCUT2D eigenvalue weighted by molar-refractivity contribution is 0.565. The van der Waals surface area contributed by atoms with Crippen LogP contribution in [0.25, 0.3) is 0 Å². The lowest BCUT2D eigenvalue weighted by Crippen LogP contribution is -2.17. The largest absolute Gasteiger partial charge is 0.384 e. The Balaban J connectivity index is 1.53. The molecule has 0 fully saturated rings. The highest BCUT2D eigenvalue weighted by molar-refractivity contribution is 8.03. The van der Waals surface area contributed by atoms with Crippen molar-refractivity contribution >= 4 is 34.9 Å². The Hall–Kier alpha value is -2.04. The molecule has 168 valence electrons. The van der Waals surface area contributed by atoms with Crippen LogP contribution in [0.1, 0.15) is 40.5 Å². The Kier molecular flexibility index (Phi) is 7.75. The number of anilines is 2. The van der Waals surface area contributed by atoms with E-state index < -0.39 is 0 Å². The van der Waals surface area contributed by atoms with Gasteiger partial charge in [0.15, 0.2) is 0 Å². The molecule has 2 atom stereocenters. The van der Waals surface area contributed by atoms with Gasteiger partial charge in [-0.1, -0.05) is 60.7 Å². The second-order valence-corrected chi connectivity index (χ2v) is 11.1. The van der Waals surface area contributed by atoms with E-state index in [1.165, 1.54) is 37.3 Å². The first kappa shape index (κ1) is 23.1. The molecule has 0 radical (unpaired) electrons. The number of fused-ring (bicyclic) bond motifs is 1. The average Bonchev–Trinajstić information content (AvgIpc) is 3.11. The van der Waals surface area contributed by atoms with Gasteiger partial charge in [-0.2, -0.15) is 0 Å². The Morgan fingerprint density at radius 2 is 1.91 bits per heavy atom. The van der Waals surface area contributed by atoms with Crippen LogP contribution in [0, 0.1) is 5.92 Å². The number of allylic oxidation sites excluding steroid dienone is 4. The zero-order valence-electron chi connectivity index (χ0n) is 19.6. The fraction of sp³-hybridized carbons (Fsp3) is 0.357. The highest BCUT2D eigenvalue weighted by Crippen LogP contribution is 2.46. The van der Waals surface area contributed by atoms with E-state index in [1.807, 2.05) is 23.5 Å². The molecule has 0 spiro atoms. The van der Waals surface area contributed by atoms with E-state index in [0.29, 0.717) is 11.2 Å². The maximum Gasteiger partial charge on any atom is 0.0804 e. The minimum atomic E-state index is 0.428. The van der Waals surface area contributed by atoms with E-state index in [0.717, 1.165) is 25.9 Å². The summed E-state index contributed by atoms with van der Waals surface area (Å²) >= 11 is 3.84. The van der Waals surface area contributed by atoms with Crippen molar-refractivity contribution in [1.29, 1.82) is 0 Å². The lowest BCUT2D eigenvalue weighted by atomic mass is 9.86. The Morgan fingerprint density at radius 3 is 2.72 bits per heavy atom. The molecule has 2 nitrogen and oxygen atoms in total. The summed E-state index contributed by atoms with van der Waals surface area (Å²) in [4.78, 5) is 5.14. The van der Waals surface area contributed by atoms with Crippen molar-refractivity contribution in [2.75, 3.05) is 23.3 Å². The summed E-state index contributed by atoms with van der Waals surface area (Å²) in [7, 11) is 0. The highest BCUT2D eigenvalue weighted by Gasteiger charge is 2.24. The van der Waals surface area contributed by atoms with Crippen LogP contribution in [0.2, 0.25) is 0 Å². The molecule has 0 aromatic heterocycles. The molecule has 2 aromatic rings. The molecule has 1 unspecified atom stereocenters. The average molecular weight is 463 g/mol. The first-order valence-electron chi connectivity index (χ1n) is 11.7. The van der Waals surface area contributed by atoms with Crippen LogP contribution >= 0.6 is 23.5 Å². The van der Waals surface area contributed by atoms with Gasteiger partial charge >= 0.3 is 0 Å². The molecule has 0 amide bonds. The molecule has 0 saturated carbocycles. The van der Waals surface area contributed by atoms with Crippen molar-refractivity contribution in [2.45, 2.75) is 55.6 Å². The van der Waals surface area contributed by atoms with Gasteiger partial charge in [-0.15, -0.1) is 11.8 Å². The predicted molar refractivity (Wildman–Crippen MR) is 144 cm³/mol. The normalized spacial score (nSPS) is 21.6. The van der Waals surface area contributed by atoms with Crippen LogP contribution in [-0.4, -0.2) is 18.3 Å². The number of benzene rings is 2. The van der Waals surface area contributed by atoms with Gasteiger partial charge in [0.25, 0.3) is 0 Å². The molecule has 1 aliphatic heterocycles. The van der Waals surface area contributed by atoms with E-state index in [1.54, 1.807) is 0 Å². The zero-order valence-corrected chi connectivity index (χ0v) is 21.2. The molecule has 32 heavy (non-hydrogen) atoms.